The maximum atomic E-state index is 3.60. The van der Waals surface area contributed by atoms with Crippen molar-refractivity contribution in [2.24, 2.45) is 11.8 Å². The molecule has 1 nitrogen and oxygen atoms in total. The maximum Gasteiger partial charge on any atom is 0.00949 e. The molecule has 88 valence electrons. The third-order valence-corrected chi connectivity index (χ3v) is 4.65. The van der Waals surface area contributed by atoms with Gasteiger partial charge in [-0.05, 0) is 38.1 Å². The minimum Gasteiger partial charge on any atom is -0.317 e. The summed E-state index contributed by atoms with van der Waals surface area (Å²) in [5.41, 5.74) is 0. The molecule has 2 aliphatic carbocycles. The van der Waals surface area contributed by atoms with E-state index in [0.29, 0.717) is 0 Å². The molecule has 0 radical (unpaired) electrons. The van der Waals surface area contributed by atoms with Gasteiger partial charge in [0.25, 0.3) is 0 Å². The second-order valence-corrected chi connectivity index (χ2v) is 5.68. The van der Waals surface area contributed by atoms with Gasteiger partial charge in [-0.1, -0.05) is 44.9 Å². The second-order valence-electron chi connectivity index (χ2n) is 5.68. The fraction of sp³-hybridized carbons (Fsp3) is 1.00. The Labute approximate surface area is 95.0 Å². The second kappa shape index (κ2) is 5.89. The lowest BCUT2D eigenvalue weighted by Gasteiger charge is -2.31. The SMILES string of the molecule is CNC(CC1CCCC1)C1CCCCC1. The van der Waals surface area contributed by atoms with Crippen LogP contribution >= 0.6 is 0 Å². The molecule has 0 aromatic heterocycles. The van der Waals surface area contributed by atoms with Crippen molar-refractivity contribution in [2.75, 3.05) is 7.05 Å². The van der Waals surface area contributed by atoms with Crippen molar-refractivity contribution in [3.8, 4) is 0 Å². The zero-order valence-electron chi connectivity index (χ0n) is 10.3. The summed E-state index contributed by atoms with van der Waals surface area (Å²) in [5.74, 6) is 2.04. The van der Waals surface area contributed by atoms with Gasteiger partial charge < -0.3 is 5.32 Å². The molecule has 2 rings (SSSR count). The van der Waals surface area contributed by atoms with Crippen LogP contribution in [0.15, 0.2) is 0 Å². The van der Waals surface area contributed by atoms with Crippen LogP contribution in [0.5, 0.6) is 0 Å². The average Bonchev–Trinajstić information content (AvgIpc) is 2.80. The van der Waals surface area contributed by atoms with E-state index in [4.69, 9.17) is 0 Å². The number of nitrogens with one attached hydrogen (secondary N) is 1. The summed E-state index contributed by atoms with van der Waals surface area (Å²) < 4.78 is 0. The molecular formula is C14H27N. The molecule has 0 spiro atoms. The van der Waals surface area contributed by atoms with Crippen LogP contribution in [-0.2, 0) is 0 Å². The van der Waals surface area contributed by atoms with Crippen LogP contribution in [0, 0.1) is 11.8 Å². The molecule has 1 N–H and O–H groups in total. The lowest BCUT2D eigenvalue weighted by Crippen LogP contribution is -2.36. The van der Waals surface area contributed by atoms with Crippen molar-refractivity contribution in [3.05, 3.63) is 0 Å². The molecule has 2 fully saturated rings. The predicted molar refractivity (Wildman–Crippen MR) is 66.0 cm³/mol. The zero-order chi connectivity index (χ0) is 10.5. The van der Waals surface area contributed by atoms with E-state index in [1.165, 1.54) is 64.2 Å². The van der Waals surface area contributed by atoms with Crippen LogP contribution < -0.4 is 5.32 Å². The molecule has 0 saturated heterocycles. The third kappa shape index (κ3) is 3.21. The van der Waals surface area contributed by atoms with E-state index in [0.717, 1.165) is 17.9 Å². The van der Waals surface area contributed by atoms with Crippen molar-refractivity contribution in [2.45, 2.75) is 70.3 Å². The quantitative estimate of drug-likeness (QED) is 0.744. The van der Waals surface area contributed by atoms with E-state index in [2.05, 4.69) is 12.4 Å². The van der Waals surface area contributed by atoms with Crippen LogP contribution in [0.4, 0.5) is 0 Å². The first kappa shape index (κ1) is 11.4. The lowest BCUT2D eigenvalue weighted by atomic mass is 9.80. The Morgan fingerprint density at radius 2 is 1.53 bits per heavy atom. The van der Waals surface area contributed by atoms with Crippen molar-refractivity contribution < 1.29 is 0 Å². The third-order valence-electron chi connectivity index (χ3n) is 4.65. The highest BCUT2D eigenvalue weighted by Crippen LogP contribution is 2.34. The minimum atomic E-state index is 0.827. The van der Waals surface area contributed by atoms with Gasteiger partial charge >= 0.3 is 0 Å². The average molecular weight is 209 g/mol. The van der Waals surface area contributed by atoms with Gasteiger partial charge in [-0.15, -0.1) is 0 Å². The lowest BCUT2D eigenvalue weighted by molar-refractivity contribution is 0.243. The molecule has 15 heavy (non-hydrogen) atoms. The van der Waals surface area contributed by atoms with E-state index in [-0.39, 0.29) is 0 Å². The molecule has 0 aromatic rings. The standard InChI is InChI=1S/C14H27N/c1-15-14(11-12-7-5-6-8-12)13-9-3-2-4-10-13/h12-15H,2-11H2,1H3. The molecule has 1 heteroatoms. The number of rotatable bonds is 4. The van der Waals surface area contributed by atoms with Crippen molar-refractivity contribution in [3.63, 3.8) is 0 Å². The molecule has 0 aliphatic heterocycles. The summed E-state index contributed by atoms with van der Waals surface area (Å²) in [4.78, 5) is 0. The van der Waals surface area contributed by atoms with Gasteiger partial charge in [0, 0.05) is 6.04 Å². The molecule has 0 aromatic carbocycles. The first-order chi connectivity index (χ1) is 7.40. The minimum absolute atomic E-state index is 0.827. The van der Waals surface area contributed by atoms with Gasteiger partial charge in [0.15, 0.2) is 0 Å². The summed E-state index contributed by atoms with van der Waals surface area (Å²) in [5, 5.41) is 3.60. The fourth-order valence-electron chi connectivity index (χ4n) is 3.69. The van der Waals surface area contributed by atoms with Crippen LogP contribution in [-0.4, -0.2) is 13.1 Å². The number of hydrogen-bond acceptors (Lipinski definition) is 1. The first-order valence-electron chi connectivity index (χ1n) is 7.07. The van der Waals surface area contributed by atoms with Crippen molar-refractivity contribution in [1.82, 2.24) is 5.32 Å². The van der Waals surface area contributed by atoms with E-state index in [1.807, 2.05) is 0 Å². The normalized spacial score (nSPS) is 27.0. The molecule has 1 atom stereocenters. The predicted octanol–water partition coefficient (Wildman–Crippen LogP) is 3.74. The molecular weight excluding hydrogens is 182 g/mol. The fourth-order valence-corrected chi connectivity index (χ4v) is 3.69. The highest BCUT2D eigenvalue weighted by molar-refractivity contribution is 4.82. The van der Waals surface area contributed by atoms with E-state index >= 15 is 0 Å². The molecule has 2 aliphatic rings. The van der Waals surface area contributed by atoms with E-state index in [9.17, 15) is 0 Å². The summed E-state index contributed by atoms with van der Waals surface area (Å²) in [6.45, 7) is 0. The molecule has 1 unspecified atom stereocenters. The maximum absolute atomic E-state index is 3.60. The van der Waals surface area contributed by atoms with Crippen LogP contribution in [0.1, 0.15) is 64.2 Å². The van der Waals surface area contributed by atoms with E-state index in [1.54, 1.807) is 0 Å². The summed E-state index contributed by atoms with van der Waals surface area (Å²) >= 11 is 0. The highest BCUT2D eigenvalue weighted by atomic mass is 14.9. The Hall–Kier alpha value is -0.0400. The highest BCUT2D eigenvalue weighted by Gasteiger charge is 2.26. The van der Waals surface area contributed by atoms with Gasteiger partial charge in [-0.3, -0.25) is 0 Å². The van der Waals surface area contributed by atoms with Crippen LogP contribution in [0.25, 0.3) is 0 Å². The topological polar surface area (TPSA) is 12.0 Å². The van der Waals surface area contributed by atoms with Crippen molar-refractivity contribution >= 4 is 0 Å². The summed E-state index contributed by atoms with van der Waals surface area (Å²) in [7, 11) is 2.17. The van der Waals surface area contributed by atoms with Crippen molar-refractivity contribution in [1.29, 1.82) is 0 Å². The summed E-state index contributed by atoms with van der Waals surface area (Å²) in [6.07, 6.45) is 14.9. The molecule has 2 saturated carbocycles. The van der Waals surface area contributed by atoms with E-state index < -0.39 is 0 Å². The monoisotopic (exact) mass is 209 g/mol. The van der Waals surface area contributed by atoms with Gasteiger partial charge in [-0.2, -0.15) is 0 Å². The summed E-state index contributed by atoms with van der Waals surface area (Å²) in [6, 6.07) is 0.827. The largest absolute Gasteiger partial charge is 0.317 e. The molecule has 0 heterocycles. The first-order valence-corrected chi connectivity index (χ1v) is 7.07. The molecule has 0 amide bonds. The van der Waals surface area contributed by atoms with Crippen LogP contribution in [0.2, 0.25) is 0 Å². The zero-order valence-corrected chi connectivity index (χ0v) is 10.3. The van der Waals surface area contributed by atoms with Crippen LogP contribution in [0.3, 0.4) is 0 Å². The Morgan fingerprint density at radius 1 is 0.933 bits per heavy atom. The Bertz CT molecular complexity index is 166. The smallest absolute Gasteiger partial charge is 0.00949 e. The van der Waals surface area contributed by atoms with Gasteiger partial charge in [-0.25, -0.2) is 0 Å². The Morgan fingerprint density at radius 3 is 2.13 bits per heavy atom. The molecule has 0 bridgehead atoms. The Balaban J connectivity index is 1.79. The van der Waals surface area contributed by atoms with Gasteiger partial charge in [0.2, 0.25) is 0 Å². The Kier molecular flexibility index (Phi) is 4.49. The number of hydrogen-bond donors (Lipinski definition) is 1. The van der Waals surface area contributed by atoms with Gasteiger partial charge in [0.05, 0.1) is 0 Å². The van der Waals surface area contributed by atoms with Gasteiger partial charge in [0.1, 0.15) is 0 Å².